The quantitative estimate of drug-likeness (QED) is 0.195. The Balaban J connectivity index is 1.30. The average molecular weight is 634 g/mol. The Morgan fingerprint density at radius 3 is 2.57 bits per heavy atom. The van der Waals surface area contributed by atoms with Gasteiger partial charge in [0.2, 0.25) is 0 Å². The van der Waals surface area contributed by atoms with Crippen LogP contribution in [0.15, 0.2) is 83.9 Å². The normalized spacial score (nSPS) is 12.0. The van der Waals surface area contributed by atoms with E-state index in [0.717, 1.165) is 6.07 Å². The number of aromatic amines is 1. The van der Waals surface area contributed by atoms with Gasteiger partial charge in [-0.05, 0) is 66.2 Å². The van der Waals surface area contributed by atoms with Crippen molar-refractivity contribution in [3.05, 3.63) is 134 Å². The predicted molar refractivity (Wildman–Crippen MR) is 161 cm³/mol. The number of carbonyl (C=O) groups is 2. The van der Waals surface area contributed by atoms with E-state index < -0.39 is 35.0 Å². The Labute approximate surface area is 256 Å². The molecule has 0 fully saturated rings. The molecule has 1 unspecified atom stereocenters. The number of carbonyl (C=O) groups excluding carboxylic acids is 1. The highest BCUT2D eigenvalue weighted by Gasteiger charge is 2.23. The second-order valence-corrected chi connectivity index (χ2v) is 10.6. The molecular formula is C31H19Cl2F2N5O4. The molecule has 0 saturated heterocycles. The molecule has 0 saturated carbocycles. The van der Waals surface area contributed by atoms with E-state index in [1.807, 2.05) is 0 Å². The van der Waals surface area contributed by atoms with Gasteiger partial charge in [-0.1, -0.05) is 35.3 Å². The number of imidazole rings is 1. The summed E-state index contributed by atoms with van der Waals surface area (Å²) in [5.41, 5.74) is 1.33. The number of nitrogens with zero attached hydrogens (tertiary/aromatic N) is 3. The fraction of sp³-hybridized carbons (Fsp3) is 0.0645. The second-order valence-electron chi connectivity index (χ2n) is 9.81. The Kier molecular flexibility index (Phi) is 7.58. The molecule has 2 heterocycles. The summed E-state index contributed by atoms with van der Waals surface area (Å²) in [6.07, 6.45) is 1.51. The van der Waals surface area contributed by atoms with Crippen LogP contribution >= 0.6 is 23.2 Å². The minimum atomic E-state index is -1.07. The molecular weight excluding hydrogens is 615 g/mol. The van der Waals surface area contributed by atoms with E-state index in [1.165, 1.54) is 48.8 Å². The van der Waals surface area contributed by atoms with Crippen molar-refractivity contribution in [2.75, 3.05) is 6.54 Å². The van der Waals surface area contributed by atoms with Gasteiger partial charge >= 0.3 is 5.97 Å². The Morgan fingerprint density at radius 2 is 1.82 bits per heavy atom. The Hall–Kier alpha value is -5.13. The SMILES string of the molecule is O=C(O)c1ccc2c(c1)ncn2-c1ccc(C(=O)NCC(c2cccc(F)c2)c2nc3c(F)ccc(Cl)c3c(=O)[nH]2)c(Cl)c1. The van der Waals surface area contributed by atoms with Crippen molar-refractivity contribution < 1.29 is 23.5 Å². The number of nitrogens with one attached hydrogen (secondary N) is 2. The summed E-state index contributed by atoms with van der Waals surface area (Å²) in [7, 11) is 0. The molecule has 4 aromatic carbocycles. The number of H-pyrrole nitrogens is 1. The number of halogens is 4. The smallest absolute Gasteiger partial charge is 0.335 e. The van der Waals surface area contributed by atoms with Gasteiger partial charge in [-0.3, -0.25) is 14.2 Å². The van der Waals surface area contributed by atoms with E-state index in [4.69, 9.17) is 23.2 Å². The van der Waals surface area contributed by atoms with E-state index in [-0.39, 0.29) is 44.4 Å². The third-order valence-corrected chi connectivity index (χ3v) is 7.72. The molecule has 6 rings (SSSR count). The molecule has 2 aromatic heterocycles. The molecule has 0 aliphatic heterocycles. The lowest BCUT2D eigenvalue weighted by atomic mass is 9.97. The minimum Gasteiger partial charge on any atom is -0.478 e. The molecule has 1 atom stereocenters. The number of amides is 1. The van der Waals surface area contributed by atoms with Crippen LogP contribution in [0.3, 0.4) is 0 Å². The second kappa shape index (κ2) is 11.5. The van der Waals surface area contributed by atoms with Gasteiger partial charge in [-0.2, -0.15) is 0 Å². The van der Waals surface area contributed by atoms with E-state index in [0.29, 0.717) is 22.3 Å². The van der Waals surface area contributed by atoms with Gasteiger partial charge in [-0.15, -0.1) is 0 Å². The highest BCUT2D eigenvalue weighted by Crippen LogP contribution is 2.28. The molecule has 220 valence electrons. The van der Waals surface area contributed by atoms with Gasteiger partial charge in [0.05, 0.1) is 43.5 Å². The monoisotopic (exact) mass is 633 g/mol. The first-order valence-corrected chi connectivity index (χ1v) is 13.8. The number of aromatic nitrogens is 4. The Morgan fingerprint density at radius 1 is 1.00 bits per heavy atom. The summed E-state index contributed by atoms with van der Waals surface area (Å²) in [6.45, 7) is -0.158. The highest BCUT2D eigenvalue weighted by molar-refractivity contribution is 6.35. The first-order valence-electron chi connectivity index (χ1n) is 13.0. The van der Waals surface area contributed by atoms with Gasteiger partial charge in [0.15, 0.2) is 0 Å². The number of rotatable bonds is 7. The van der Waals surface area contributed by atoms with Crippen LogP contribution < -0.4 is 10.9 Å². The van der Waals surface area contributed by atoms with E-state index in [1.54, 1.807) is 28.8 Å². The number of carboxylic acid groups (broad SMARTS) is 1. The summed E-state index contributed by atoms with van der Waals surface area (Å²) in [6, 6.07) is 17.1. The number of carboxylic acids is 1. The lowest BCUT2D eigenvalue weighted by Gasteiger charge is -2.19. The first kappa shape index (κ1) is 29.0. The van der Waals surface area contributed by atoms with Gasteiger partial charge in [-0.25, -0.2) is 23.5 Å². The van der Waals surface area contributed by atoms with Crippen molar-refractivity contribution in [1.82, 2.24) is 24.8 Å². The largest absolute Gasteiger partial charge is 0.478 e. The summed E-state index contributed by atoms with van der Waals surface area (Å²) < 4.78 is 30.6. The maximum Gasteiger partial charge on any atom is 0.335 e. The van der Waals surface area contributed by atoms with Crippen LogP contribution in [0, 0.1) is 11.6 Å². The molecule has 13 heteroatoms. The molecule has 1 amide bonds. The summed E-state index contributed by atoms with van der Waals surface area (Å²) in [5, 5.41) is 12.0. The van der Waals surface area contributed by atoms with Gasteiger partial charge < -0.3 is 15.4 Å². The van der Waals surface area contributed by atoms with Crippen LogP contribution in [0.5, 0.6) is 0 Å². The Bertz CT molecular complexity index is 2180. The van der Waals surface area contributed by atoms with Gasteiger partial charge in [0.25, 0.3) is 11.5 Å². The number of benzene rings is 4. The van der Waals surface area contributed by atoms with E-state index in [2.05, 4.69) is 20.3 Å². The zero-order valence-corrected chi connectivity index (χ0v) is 23.8. The molecule has 9 nitrogen and oxygen atoms in total. The van der Waals surface area contributed by atoms with Crippen molar-refractivity contribution in [2.45, 2.75) is 5.92 Å². The van der Waals surface area contributed by atoms with Crippen LogP contribution in [0.4, 0.5) is 8.78 Å². The molecule has 0 radical (unpaired) electrons. The predicted octanol–water partition coefficient (Wildman–Crippen LogP) is 6.11. The van der Waals surface area contributed by atoms with Crippen molar-refractivity contribution in [1.29, 1.82) is 0 Å². The summed E-state index contributed by atoms with van der Waals surface area (Å²) >= 11 is 12.6. The van der Waals surface area contributed by atoms with E-state index in [9.17, 15) is 28.3 Å². The lowest BCUT2D eigenvalue weighted by molar-refractivity contribution is 0.0696. The van der Waals surface area contributed by atoms with Crippen LogP contribution in [-0.2, 0) is 0 Å². The molecule has 6 aromatic rings. The molecule has 3 N–H and O–H groups in total. The molecule has 0 bridgehead atoms. The number of hydrogen-bond acceptors (Lipinski definition) is 5. The zero-order valence-electron chi connectivity index (χ0n) is 22.3. The maximum absolute atomic E-state index is 14.7. The van der Waals surface area contributed by atoms with Crippen molar-refractivity contribution in [3.63, 3.8) is 0 Å². The minimum absolute atomic E-state index is 0.00551. The summed E-state index contributed by atoms with van der Waals surface area (Å²) in [4.78, 5) is 48.6. The first-order chi connectivity index (χ1) is 21.1. The molecule has 0 aliphatic carbocycles. The van der Waals surface area contributed by atoms with Crippen LogP contribution in [-0.4, -0.2) is 43.0 Å². The fourth-order valence-electron chi connectivity index (χ4n) is 4.93. The van der Waals surface area contributed by atoms with Gasteiger partial charge in [0.1, 0.15) is 29.3 Å². The fourth-order valence-corrected chi connectivity index (χ4v) is 5.43. The average Bonchev–Trinajstić information content (AvgIpc) is 3.42. The standard InChI is InChI=1S/C31H19Cl2F2N5O4/c32-21-7-8-23(35)27-26(21)30(42)39-28(38-27)20(15-2-1-3-17(34)10-15)13-36-29(41)19-6-5-18(12-22(19)33)40-14-37-24-11-16(31(43)44)4-9-25(24)40/h1-12,14,20H,13H2,(H,36,41)(H,43,44)(H,38,39,42). The number of hydrogen-bond donors (Lipinski definition) is 3. The van der Waals surface area contributed by atoms with Gasteiger partial charge in [0, 0.05) is 12.2 Å². The number of fused-ring (bicyclic) bond motifs is 2. The number of aromatic carboxylic acids is 1. The third kappa shape index (κ3) is 5.38. The molecule has 0 aliphatic rings. The van der Waals surface area contributed by atoms with Crippen LogP contribution in [0.2, 0.25) is 10.0 Å². The third-order valence-electron chi connectivity index (χ3n) is 7.10. The topological polar surface area (TPSA) is 130 Å². The zero-order chi connectivity index (χ0) is 31.1. The van der Waals surface area contributed by atoms with Crippen LogP contribution in [0.1, 0.15) is 38.0 Å². The maximum atomic E-state index is 14.7. The van der Waals surface area contributed by atoms with Crippen molar-refractivity contribution >= 4 is 57.0 Å². The molecule has 44 heavy (non-hydrogen) atoms. The van der Waals surface area contributed by atoms with E-state index >= 15 is 0 Å². The van der Waals surface area contributed by atoms with Crippen molar-refractivity contribution in [2.24, 2.45) is 0 Å². The highest BCUT2D eigenvalue weighted by atomic mass is 35.5. The molecule has 0 spiro atoms. The summed E-state index contributed by atoms with van der Waals surface area (Å²) in [5.74, 6) is -3.84. The lowest BCUT2D eigenvalue weighted by Crippen LogP contribution is -2.31. The van der Waals surface area contributed by atoms with Crippen molar-refractivity contribution in [3.8, 4) is 5.69 Å². The van der Waals surface area contributed by atoms with Crippen LogP contribution in [0.25, 0.3) is 27.6 Å².